The summed E-state index contributed by atoms with van der Waals surface area (Å²) in [5.74, 6) is 0.234. The smallest absolute Gasteiger partial charge is 0.325 e. The van der Waals surface area contributed by atoms with Gasteiger partial charge in [0.1, 0.15) is 5.75 Å². The topological polar surface area (TPSA) is 43.8 Å². The molecule has 0 bridgehead atoms. The number of urea groups is 1. The molecule has 0 radical (unpaired) electrons. The third kappa shape index (κ3) is 1.47. The number of benzene rings is 1. The van der Waals surface area contributed by atoms with E-state index in [1.165, 1.54) is 0 Å². The minimum absolute atomic E-state index is 0.0318. The van der Waals surface area contributed by atoms with Gasteiger partial charge in [0, 0.05) is 18.8 Å². The Balaban J connectivity index is 1.96. The minimum atomic E-state index is 0.0318. The molecule has 0 atom stereocenters. The fourth-order valence-electron chi connectivity index (χ4n) is 2.60. The monoisotopic (exact) mass is 232 g/mol. The van der Waals surface area contributed by atoms with E-state index in [4.69, 9.17) is 0 Å². The Morgan fingerprint density at radius 3 is 2.47 bits per heavy atom. The Morgan fingerprint density at radius 1 is 1.29 bits per heavy atom. The second-order valence-corrected chi connectivity index (χ2v) is 4.87. The molecule has 1 heterocycles. The van der Waals surface area contributed by atoms with Crippen LogP contribution in [0.5, 0.6) is 5.75 Å². The van der Waals surface area contributed by atoms with Gasteiger partial charge in [0.15, 0.2) is 0 Å². The number of carbonyl (C=O) groups excluding carboxylic acids is 1. The molecule has 2 fully saturated rings. The summed E-state index contributed by atoms with van der Waals surface area (Å²) in [6.07, 6.45) is 2.16. The summed E-state index contributed by atoms with van der Waals surface area (Å²) in [5, 5.41) is 9.30. The maximum atomic E-state index is 12.3. The van der Waals surface area contributed by atoms with Gasteiger partial charge in [-0.2, -0.15) is 0 Å². The molecule has 1 spiro atoms. The standard InChI is InChI=1S/C13H16N2O2/c1-2-14-9-13(7-8-13)15(12(14)17)10-3-5-11(16)6-4-10/h3-6,16H,2,7-9H2,1H3. The number of hydrogen-bond acceptors (Lipinski definition) is 2. The van der Waals surface area contributed by atoms with Crippen molar-refractivity contribution in [1.82, 2.24) is 4.90 Å². The zero-order valence-electron chi connectivity index (χ0n) is 9.89. The largest absolute Gasteiger partial charge is 0.508 e. The lowest BCUT2D eigenvalue weighted by Gasteiger charge is -2.22. The quantitative estimate of drug-likeness (QED) is 0.849. The molecule has 0 aromatic heterocycles. The third-order valence-corrected chi connectivity index (χ3v) is 3.74. The summed E-state index contributed by atoms with van der Waals surface area (Å²) in [6, 6.07) is 6.98. The molecule has 1 saturated carbocycles. The molecular weight excluding hydrogens is 216 g/mol. The van der Waals surface area contributed by atoms with E-state index in [0.29, 0.717) is 0 Å². The van der Waals surface area contributed by atoms with Crippen molar-refractivity contribution in [1.29, 1.82) is 0 Å². The molecule has 1 aliphatic carbocycles. The van der Waals surface area contributed by atoms with E-state index in [1.807, 2.05) is 28.9 Å². The van der Waals surface area contributed by atoms with Crippen molar-refractivity contribution in [2.45, 2.75) is 25.3 Å². The van der Waals surface area contributed by atoms with Gasteiger partial charge in [-0.1, -0.05) is 0 Å². The lowest BCUT2D eigenvalue weighted by Crippen LogP contribution is -2.36. The fraction of sp³-hybridized carbons (Fsp3) is 0.462. The normalized spacial score (nSPS) is 21.4. The number of likely N-dealkylation sites (N-methyl/N-ethyl adjacent to an activating group) is 1. The van der Waals surface area contributed by atoms with Crippen LogP contribution >= 0.6 is 0 Å². The van der Waals surface area contributed by atoms with E-state index in [0.717, 1.165) is 31.6 Å². The van der Waals surface area contributed by atoms with Crippen molar-refractivity contribution in [3.8, 4) is 5.75 Å². The van der Waals surface area contributed by atoms with E-state index in [2.05, 4.69) is 0 Å². The molecule has 1 aliphatic heterocycles. The van der Waals surface area contributed by atoms with Crippen molar-refractivity contribution in [2.24, 2.45) is 0 Å². The molecule has 3 rings (SSSR count). The minimum Gasteiger partial charge on any atom is -0.508 e. The highest BCUT2D eigenvalue weighted by Crippen LogP contribution is 2.49. The molecule has 4 nitrogen and oxygen atoms in total. The molecule has 4 heteroatoms. The molecular formula is C13H16N2O2. The number of phenolic OH excluding ortho intramolecular Hbond substituents is 1. The molecule has 1 aromatic carbocycles. The molecule has 90 valence electrons. The summed E-state index contributed by atoms with van der Waals surface area (Å²) in [7, 11) is 0. The van der Waals surface area contributed by atoms with Gasteiger partial charge in [0.2, 0.25) is 0 Å². The van der Waals surface area contributed by atoms with Gasteiger partial charge in [-0.25, -0.2) is 4.79 Å². The number of anilines is 1. The van der Waals surface area contributed by atoms with Crippen LogP contribution in [-0.4, -0.2) is 34.7 Å². The Kier molecular flexibility index (Phi) is 2.08. The van der Waals surface area contributed by atoms with Crippen LogP contribution in [0.4, 0.5) is 10.5 Å². The number of carbonyl (C=O) groups is 1. The van der Waals surface area contributed by atoms with Gasteiger partial charge in [-0.15, -0.1) is 0 Å². The number of hydrogen-bond donors (Lipinski definition) is 1. The molecule has 2 aliphatic rings. The average Bonchev–Trinajstić information content (AvgIpc) is 3.03. The first-order valence-electron chi connectivity index (χ1n) is 6.04. The Labute approximate surface area is 100 Å². The predicted molar refractivity (Wildman–Crippen MR) is 65.2 cm³/mol. The van der Waals surface area contributed by atoms with E-state index in [1.54, 1.807) is 12.1 Å². The maximum Gasteiger partial charge on any atom is 0.325 e. The van der Waals surface area contributed by atoms with Crippen molar-refractivity contribution in [3.63, 3.8) is 0 Å². The van der Waals surface area contributed by atoms with Crippen LogP contribution in [0.2, 0.25) is 0 Å². The Bertz CT molecular complexity index is 451. The molecule has 0 unspecified atom stereocenters. The SMILES string of the molecule is CCN1CC2(CC2)N(c2ccc(O)cc2)C1=O. The lowest BCUT2D eigenvalue weighted by atomic mass is 10.2. The van der Waals surface area contributed by atoms with Crippen LogP contribution < -0.4 is 4.90 Å². The van der Waals surface area contributed by atoms with Crippen LogP contribution in [-0.2, 0) is 0 Å². The molecule has 1 saturated heterocycles. The number of phenols is 1. The lowest BCUT2D eigenvalue weighted by molar-refractivity contribution is 0.223. The third-order valence-electron chi connectivity index (χ3n) is 3.74. The predicted octanol–water partition coefficient (Wildman–Crippen LogP) is 2.19. The first kappa shape index (κ1) is 10.4. The van der Waals surface area contributed by atoms with Crippen molar-refractivity contribution >= 4 is 11.7 Å². The van der Waals surface area contributed by atoms with E-state index in [9.17, 15) is 9.90 Å². The van der Waals surface area contributed by atoms with Gasteiger partial charge >= 0.3 is 6.03 Å². The second-order valence-electron chi connectivity index (χ2n) is 4.87. The Hall–Kier alpha value is -1.71. The number of rotatable bonds is 2. The number of aromatic hydroxyl groups is 1. The van der Waals surface area contributed by atoms with Gasteiger partial charge in [0.05, 0.1) is 5.54 Å². The molecule has 1 N–H and O–H groups in total. The summed E-state index contributed by atoms with van der Waals surface area (Å²) in [4.78, 5) is 16.1. The van der Waals surface area contributed by atoms with Crippen LogP contribution in [0.25, 0.3) is 0 Å². The van der Waals surface area contributed by atoms with Crippen LogP contribution in [0.1, 0.15) is 19.8 Å². The summed E-state index contributed by atoms with van der Waals surface area (Å²) in [5.41, 5.74) is 0.922. The molecule has 17 heavy (non-hydrogen) atoms. The van der Waals surface area contributed by atoms with Crippen molar-refractivity contribution < 1.29 is 9.90 Å². The number of nitrogens with zero attached hydrogens (tertiary/aromatic N) is 2. The van der Waals surface area contributed by atoms with Gasteiger partial charge < -0.3 is 10.0 Å². The highest BCUT2D eigenvalue weighted by Gasteiger charge is 2.57. The van der Waals surface area contributed by atoms with Crippen LogP contribution in [0.15, 0.2) is 24.3 Å². The van der Waals surface area contributed by atoms with Crippen LogP contribution in [0, 0.1) is 0 Å². The fourth-order valence-corrected chi connectivity index (χ4v) is 2.60. The first-order chi connectivity index (χ1) is 8.16. The average molecular weight is 232 g/mol. The summed E-state index contributed by atoms with van der Waals surface area (Å²) < 4.78 is 0. The van der Waals surface area contributed by atoms with Crippen molar-refractivity contribution in [2.75, 3.05) is 18.0 Å². The zero-order valence-corrected chi connectivity index (χ0v) is 9.89. The number of amides is 2. The van der Waals surface area contributed by atoms with Crippen molar-refractivity contribution in [3.05, 3.63) is 24.3 Å². The van der Waals surface area contributed by atoms with Gasteiger partial charge in [0.25, 0.3) is 0 Å². The van der Waals surface area contributed by atoms with Gasteiger partial charge in [-0.3, -0.25) is 4.90 Å². The zero-order chi connectivity index (χ0) is 12.0. The van der Waals surface area contributed by atoms with E-state index in [-0.39, 0.29) is 17.3 Å². The molecule has 1 aromatic rings. The van der Waals surface area contributed by atoms with E-state index < -0.39 is 0 Å². The van der Waals surface area contributed by atoms with Crippen LogP contribution in [0.3, 0.4) is 0 Å². The summed E-state index contributed by atoms with van der Waals surface area (Å²) in [6.45, 7) is 3.60. The first-order valence-corrected chi connectivity index (χ1v) is 6.04. The van der Waals surface area contributed by atoms with Gasteiger partial charge in [-0.05, 0) is 44.0 Å². The second kappa shape index (κ2) is 3.39. The summed E-state index contributed by atoms with van der Waals surface area (Å²) >= 11 is 0. The Morgan fingerprint density at radius 2 is 1.94 bits per heavy atom. The highest BCUT2D eigenvalue weighted by molar-refractivity contribution is 5.97. The molecule has 2 amide bonds. The van der Waals surface area contributed by atoms with E-state index >= 15 is 0 Å². The maximum absolute atomic E-state index is 12.3. The highest BCUT2D eigenvalue weighted by atomic mass is 16.3.